The Balaban J connectivity index is 2.89. The Bertz CT molecular complexity index is 360. The van der Waals surface area contributed by atoms with Crippen LogP contribution in [0.2, 0.25) is 0 Å². The SMILES string of the molecule is CCCSCc1nc(NN)cc(C(C)(C)C)n1. The third-order valence-corrected chi connectivity index (χ3v) is 3.43. The topological polar surface area (TPSA) is 63.8 Å². The molecule has 0 unspecified atom stereocenters. The summed E-state index contributed by atoms with van der Waals surface area (Å²) >= 11 is 1.85. The molecule has 3 N–H and O–H groups in total. The number of hydrogen-bond acceptors (Lipinski definition) is 5. The summed E-state index contributed by atoms with van der Waals surface area (Å²) in [6.07, 6.45) is 1.17. The van der Waals surface area contributed by atoms with Gasteiger partial charge in [-0.1, -0.05) is 27.7 Å². The first-order chi connectivity index (χ1) is 7.97. The molecule has 1 aromatic heterocycles. The van der Waals surface area contributed by atoms with E-state index in [0.29, 0.717) is 5.82 Å². The van der Waals surface area contributed by atoms with Crippen LogP contribution in [0.15, 0.2) is 6.07 Å². The van der Waals surface area contributed by atoms with E-state index in [4.69, 9.17) is 5.84 Å². The lowest BCUT2D eigenvalue weighted by molar-refractivity contribution is 0.564. The van der Waals surface area contributed by atoms with Crippen molar-refractivity contribution >= 4 is 17.6 Å². The largest absolute Gasteiger partial charge is 0.308 e. The van der Waals surface area contributed by atoms with Crippen LogP contribution < -0.4 is 11.3 Å². The summed E-state index contributed by atoms with van der Waals surface area (Å²) in [5.41, 5.74) is 3.64. The minimum absolute atomic E-state index is 0.0126. The van der Waals surface area contributed by atoms with Gasteiger partial charge in [-0.05, 0) is 12.2 Å². The maximum absolute atomic E-state index is 5.44. The van der Waals surface area contributed by atoms with Gasteiger partial charge in [-0.2, -0.15) is 11.8 Å². The summed E-state index contributed by atoms with van der Waals surface area (Å²) in [6, 6.07) is 1.91. The van der Waals surface area contributed by atoms with Crippen molar-refractivity contribution in [2.45, 2.75) is 45.3 Å². The summed E-state index contributed by atoms with van der Waals surface area (Å²) in [6.45, 7) is 8.59. The standard InChI is InChI=1S/C12H22N4S/c1-5-6-17-8-11-14-9(12(2,3)4)7-10(15-11)16-13/h7H,5-6,8,13H2,1-4H3,(H,14,15,16). The number of rotatable bonds is 5. The fourth-order valence-corrected chi connectivity index (χ4v) is 2.07. The lowest BCUT2D eigenvalue weighted by atomic mass is 9.92. The Kier molecular flexibility index (Phi) is 5.21. The lowest BCUT2D eigenvalue weighted by Gasteiger charge is -2.19. The molecule has 0 aromatic carbocycles. The Morgan fingerprint density at radius 3 is 2.59 bits per heavy atom. The number of nitrogens with two attached hydrogens (primary N) is 1. The number of aromatic nitrogens is 2. The van der Waals surface area contributed by atoms with Crippen molar-refractivity contribution in [3.05, 3.63) is 17.6 Å². The van der Waals surface area contributed by atoms with Gasteiger partial charge in [-0.3, -0.25) is 0 Å². The number of nitrogens with zero attached hydrogens (tertiary/aromatic N) is 2. The highest BCUT2D eigenvalue weighted by Crippen LogP contribution is 2.23. The average Bonchev–Trinajstić information content (AvgIpc) is 2.28. The number of nitrogen functional groups attached to an aromatic ring is 1. The van der Waals surface area contributed by atoms with Gasteiger partial charge in [0.2, 0.25) is 0 Å². The van der Waals surface area contributed by atoms with Crippen LogP contribution in [-0.4, -0.2) is 15.7 Å². The van der Waals surface area contributed by atoms with Crippen molar-refractivity contribution in [3.8, 4) is 0 Å². The monoisotopic (exact) mass is 254 g/mol. The summed E-state index contributed by atoms with van der Waals surface area (Å²) < 4.78 is 0. The molecular formula is C12H22N4S. The number of hydrazine groups is 1. The van der Waals surface area contributed by atoms with Gasteiger partial charge in [0.25, 0.3) is 0 Å². The van der Waals surface area contributed by atoms with Crippen LogP contribution in [0.4, 0.5) is 5.82 Å². The molecule has 0 bridgehead atoms. The van der Waals surface area contributed by atoms with Crippen molar-refractivity contribution in [2.24, 2.45) is 5.84 Å². The number of anilines is 1. The van der Waals surface area contributed by atoms with Crippen molar-refractivity contribution in [3.63, 3.8) is 0 Å². The van der Waals surface area contributed by atoms with E-state index in [1.807, 2.05) is 17.8 Å². The highest BCUT2D eigenvalue weighted by Gasteiger charge is 2.17. The molecule has 0 aliphatic carbocycles. The van der Waals surface area contributed by atoms with Gasteiger partial charge in [0.15, 0.2) is 0 Å². The molecule has 96 valence electrons. The molecule has 0 radical (unpaired) electrons. The fraction of sp³-hybridized carbons (Fsp3) is 0.667. The first-order valence-corrected chi connectivity index (χ1v) is 7.05. The third-order valence-electron chi connectivity index (χ3n) is 2.27. The molecule has 0 fully saturated rings. The average molecular weight is 254 g/mol. The molecular weight excluding hydrogens is 232 g/mol. The minimum Gasteiger partial charge on any atom is -0.308 e. The van der Waals surface area contributed by atoms with Gasteiger partial charge in [-0.15, -0.1) is 0 Å². The maximum atomic E-state index is 5.44. The first kappa shape index (κ1) is 14.3. The molecule has 0 aliphatic rings. The smallest absolute Gasteiger partial charge is 0.143 e. The van der Waals surface area contributed by atoms with E-state index >= 15 is 0 Å². The van der Waals surface area contributed by atoms with Gasteiger partial charge in [0, 0.05) is 11.5 Å². The van der Waals surface area contributed by atoms with Crippen LogP contribution >= 0.6 is 11.8 Å². The highest BCUT2D eigenvalue weighted by atomic mass is 32.2. The maximum Gasteiger partial charge on any atom is 0.143 e. The quantitative estimate of drug-likeness (QED) is 0.480. The molecule has 0 aliphatic heterocycles. The molecule has 5 heteroatoms. The third kappa shape index (κ3) is 4.52. The second kappa shape index (κ2) is 6.21. The zero-order chi connectivity index (χ0) is 12.9. The summed E-state index contributed by atoms with van der Waals surface area (Å²) in [4.78, 5) is 8.97. The van der Waals surface area contributed by atoms with Crippen molar-refractivity contribution in [2.75, 3.05) is 11.2 Å². The predicted octanol–water partition coefficient (Wildman–Crippen LogP) is 2.70. The molecule has 0 saturated carbocycles. The van der Waals surface area contributed by atoms with Crippen LogP contribution in [-0.2, 0) is 11.2 Å². The lowest BCUT2D eigenvalue weighted by Crippen LogP contribution is -2.18. The second-order valence-electron chi connectivity index (χ2n) is 5.00. The van der Waals surface area contributed by atoms with E-state index in [1.165, 1.54) is 6.42 Å². The van der Waals surface area contributed by atoms with Crippen LogP contribution in [0.5, 0.6) is 0 Å². The molecule has 1 aromatic rings. The molecule has 0 amide bonds. The Hall–Kier alpha value is -0.810. The van der Waals surface area contributed by atoms with Crippen LogP contribution in [0.3, 0.4) is 0 Å². The van der Waals surface area contributed by atoms with E-state index < -0.39 is 0 Å². The minimum atomic E-state index is 0.0126. The fourth-order valence-electron chi connectivity index (χ4n) is 1.33. The van der Waals surface area contributed by atoms with E-state index in [9.17, 15) is 0 Å². The van der Waals surface area contributed by atoms with Crippen LogP contribution in [0.1, 0.15) is 45.6 Å². The second-order valence-corrected chi connectivity index (χ2v) is 6.11. The van der Waals surface area contributed by atoms with E-state index in [2.05, 4.69) is 43.1 Å². The van der Waals surface area contributed by atoms with Crippen LogP contribution in [0, 0.1) is 0 Å². The number of hydrogen-bond donors (Lipinski definition) is 2. The van der Waals surface area contributed by atoms with Gasteiger partial charge in [0.05, 0.1) is 11.4 Å². The summed E-state index contributed by atoms with van der Waals surface area (Å²) in [5, 5.41) is 0. The van der Waals surface area contributed by atoms with Crippen molar-refractivity contribution < 1.29 is 0 Å². The zero-order valence-corrected chi connectivity index (χ0v) is 11.9. The Morgan fingerprint density at radius 2 is 2.06 bits per heavy atom. The molecule has 17 heavy (non-hydrogen) atoms. The molecule has 0 saturated heterocycles. The molecule has 0 spiro atoms. The number of thioether (sulfide) groups is 1. The predicted molar refractivity (Wildman–Crippen MR) is 75.0 cm³/mol. The molecule has 1 rings (SSSR count). The van der Waals surface area contributed by atoms with E-state index in [-0.39, 0.29) is 5.41 Å². The van der Waals surface area contributed by atoms with Crippen molar-refractivity contribution in [1.82, 2.24) is 9.97 Å². The van der Waals surface area contributed by atoms with Gasteiger partial charge in [-0.25, -0.2) is 15.8 Å². The van der Waals surface area contributed by atoms with Crippen LogP contribution in [0.25, 0.3) is 0 Å². The van der Waals surface area contributed by atoms with Crippen molar-refractivity contribution in [1.29, 1.82) is 0 Å². The first-order valence-electron chi connectivity index (χ1n) is 5.90. The highest BCUT2D eigenvalue weighted by molar-refractivity contribution is 7.98. The van der Waals surface area contributed by atoms with E-state index in [1.54, 1.807) is 0 Å². The van der Waals surface area contributed by atoms with Gasteiger partial charge >= 0.3 is 0 Å². The summed E-state index contributed by atoms with van der Waals surface area (Å²) in [5.74, 6) is 8.95. The summed E-state index contributed by atoms with van der Waals surface area (Å²) in [7, 11) is 0. The Morgan fingerprint density at radius 1 is 1.35 bits per heavy atom. The molecule has 4 nitrogen and oxygen atoms in total. The number of nitrogens with one attached hydrogen (secondary N) is 1. The Labute approximate surface area is 108 Å². The van der Waals surface area contributed by atoms with E-state index in [0.717, 1.165) is 23.0 Å². The normalized spacial score (nSPS) is 11.6. The van der Waals surface area contributed by atoms with Gasteiger partial charge < -0.3 is 5.43 Å². The zero-order valence-electron chi connectivity index (χ0n) is 11.1. The molecule has 1 heterocycles. The van der Waals surface area contributed by atoms with Gasteiger partial charge in [0.1, 0.15) is 11.6 Å². The molecule has 0 atom stereocenters.